The molecule has 0 aliphatic carbocycles. The van der Waals surface area contributed by atoms with Crippen LogP contribution in [0.4, 0.5) is 10.1 Å². The van der Waals surface area contributed by atoms with Crippen LogP contribution in [0, 0.1) is 5.82 Å². The van der Waals surface area contributed by atoms with Gasteiger partial charge in [-0.1, -0.05) is 19.9 Å². The SMILES string of the molecule is CC(C)NCc1c(F)cccc1N(C)C1CCCN(C)C1. The van der Waals surface area contributed by atoms with Crippen molar-refractivity contribution in [2.24, 2.45) is 0 Å². The number of piperidine rings is 1. The summed E-state index contributed by atoms with van der Waals surface area (Å²) in [5.74, 6) is -0.114. The van der Waals surface area contributed by atoms with E-state index in [0.717, 1.165) is 24.3 Å². The summed E-state index contributed by atoms with van der Waals surface area (Å²) in [5, 5.41) is 3.33. The van der Waals surface area contributed by atoms with E-state index in [-0.39, 0.29) is 5.82 Å². The molecule has 0 amide bonds. The van der Waals surface area contributed by atoms with Gasteiger partial charge in [0.2, 0.25) is 0 Å². The predicted octanol–water partition coefficient (Wildman–Crippen LogP) is 2.85. The first-order chi connectivity index (χ1) is 9.99. The van der Waals surface area contributed by atoms with Gasteiger partial charge in [0.1, 0.15) is 5.82 Å². The van der Waals surface area contributed by atoms with Crippen molar-refractivity contribution in [3.63, 3.8) is 0 Å². The number of anilines is 1. The van der Waals surface area contributed by atoms with Crippen LogP contribution in [0.5, 0.6) is 0 Å². The van der Waals surface area contributed by atoms with E-state index in [0.29, 0.717) is 18.6 Å². The Morgan fingerprint density at radius 3 is 2.86 bits per heavy atom. The molecule has 0 aromatic heterocycles. The fourth-order valence-electron chi connectivity index (χ4n) is 3.01. The van der Waals surface area contributed by atoms with E-state index in [1.807, 2.05) is 12.1 Å². The van der Waals surface area contributed by atoms with E-state index < -0.39 is 0 Å². The Balaban J connectivity index is 2.19. The minimum atomic E-state index is -0.114. The van der Waals surface area contributed by atoms with Gasteiger partial charge in [0.25, 0.3) is 0 Å². The lowest BCUT2D eigenvalue weighted by atomic mass is 10.0. The molecule has 1 saturated heterocycles. The third-order valence-corrected chi connectivity index (χ3v) is 4.31. The van der Waals surface area contributed by atoms with Gasteiger partial charge in [0.15, 0.2) is 0 Å². The highest BCUT2D eigenvalue weighted by Crippen LogP contribution is 2.26. The van der Waals surface area contributed by atoms with Crippen LogP contribution in [0.15, 0.2) is 18.2 Å². The zero-order valence-corrected chi connectivity index (χ0v) is 13.7. The van der Waals surface area contributed by atoms with E-state index in [1.54, 1.807) is 6.07 Å². The maximum atomic E-state index is 14.2. The third kappa shape index (κ3) is 4.17. The number of benzene rings is 1. The maximum Gasteiger partial charge on any atom is 0.129 e. The van der Waals surface area contributed by atoms with Crippen molar-refractivity contribution in [3.8, 4) is 0 Å². The minimum Gasteiger partial charge on any atom is -0.370 e. The molecule has 0 saturated carbocycles. The molecule has 2 rings (SSSR count). The number of rotatable bonds is 5. The molecule has 4 heteroatoms. The quantitative estimate of drug-likeness (QED) is 0.900. The van der Waals surface area contributed by atoms with Crippen LogP contribution in [0.1, 0.15) is 32.3 Å². The summed E-state index contributed by atoms with van der Waals surface area (Å²) in [5.41, 5.74) is 1.80. The molecule has 3 nitrogen and oxygen atoms in total. The lowest BCUT2D eigenvalue weighted by Gasteiger charge is -2.38. The van der Waals surface area contributed by atoms with Crippen LogP contribution in [0.3, 0.4) is 0 Å². The number of halogens is 1. The summed E-state index contributed by atoms with van der Waals surface area (Å²) in [4.78, 5) is 4.62. The van der Waals surface area contributed by atoms with E-state index in [9.17, 15) is 4.39 Å². The van der Waals surface area contributed by atoms with Gasteiger partial charge in [0, 0.05) is 43.5 Å². The van der Waals surface area contributed by atoms with Crippen LogP contribution in [-0.4, -0.2) is 44.2 Å². The van der Waals surface area contributed by atoms with Gasteiger partial charge < -0.3 is 15.1 Å². The maximum absolute atomic E-state index is 14.2. The predicted molar refractivity (Wildman–Crippen MR) is 87.3 cm³/mol. The largest absolute Gasteiger partial charge is 0.370 e. The Morgan fingerprint density at radius 1 is 1.43 bits per heavy atom. The van der Waals surface area contributed by atoms with Gasteiger partial charge in [-0.05, 0) is 38.6 Å². The van der Waals surface area contributed by atoms with Gasteiger partial charge in [-0.2, -0.15) is 0 Å². The first-order valence-corrected chi connectivity index (χ1v) is 7.91. The van der Waals surface area contributed by atoms with Crippen molar-refractivity contribution in [2.45, 2.75) is 45.3 Å². The Kier molecular flexibility index (Phi) is 5.59. The lowest BCUT2D eigenvalue weighted by Crippen LogP contribution is -2.45. The van der Waals surface area contributed by atoms with Crippen LogP contribution < -0.4 is 10.2 Å². The molecule has 1 unspecified atom stereocenters. The van der Waals surface area contributed by atoms with Crippen molar-refractivity contribution in [2.75, 3.05) is 32.1 Å². The first-order valence-electron chi connectivity index (χ1n) is 7.91. The molecule has 1 aromatic carbocycles. The van der Waals surface area contributed by atoms with Crippen molar-refractivity contribution in [3.05, 3.63) is 29.6 Å². The summed E-state index contributed by atoms with van der Waals surface area (Å²) < 4.78 is 14.2. The van der Waals surface area contributed by atoms with Crippen molar-refractivity contribution in [1.82, 2.24) is 10.2 Å². The number of nitrogens with one attached hydrogen (secondary N) is 1. The molecule has 21 heavy (non-hydrogen) atoms. The molecule has 0 radical (unpaired) electrons. The second-order valence-corrected chi connectivity index (χ2v) is 6.44. The van der Waals surface area contributed by atoms with Gasteiger partial charge in [-0.15, -0.1) is 0 Å². The molecule has 1 fully saturated rings. The number of nitrogens with zero attached hydrogens (tertiary/aromatic N) is 2. The summed E-state index contributed by atoms with van der Waals surface area (Å²) >= 11 is 0. The summed E-state index contributed by atoms with van der Waals surface area (Å²) in [6, 6.07) is 6.22. The Bertz CT molecular complexity index is 461. The molecular formula is C17H28FN3. The second kappa shape index (κ2) is 7.23. The molecular weight excluding hydrogens is 265 g/mol. The highest BCUT2D eigenvalue weighted by Gasteiger charge is 2.23. The molecule has 1 aliphatic rings. The summed E-state index contributed by atoms with van der Waals surface area (Å²) in [6.45, 7) is 6.95. The van der Waals surface area contributed by atoms with Crippen LogP contribution in [0.25, 0.3) is 0 Å². The third-order valence-electron chi connectivity index (χ3n) is 4.31. The van der Waals surface area contributed by atoms with Crippen molar-refractivity contribution < 1.29 is 4.39 Å². The van der Waals surface area contributed by atoms with Gasteiger partial charge in [-0.3, -0.25) is 0 Å². The first kappa shape index (κ1) is 16.2. The molecule has 0 bridgehead atoms. The van der Waals surface area contributed by atoms with Gasteiger partial charge in [0.05, 0.1) is 0 Å². The van der Waals surface area contributed by atoms with E-state index in [1.165, 1.54) is 12.8 Å². The number of likely N-dealkylation sites (tertiary alicyclic amines) is 1. The molecule has 1 heterocycles. The van der Waals surface area contributed by atoms with Crippen molar-refractivity contribution in [1.29, 1.82) is 0 Å². The smallest absolute Gasteiger partial charge is 0.129 e. The van der Waals surface area contributed by atoms with E-state index >= 15 is 0 Å². The second-order valence-electron chi connectivity index (χ2n) is 6.44. The Hall–Kier alpha value is -1.13. The molecule has 0 spiro atoms. The molecule has 1 aliphatic heterocycles. The summed E-state index contributed by atoms with van der Waals surface area (Å²) in [6.07, 6.45) is 2.38. The monoisotopic (exact) mass is 293 g/mol. The number of likely N-dealkylation sites (N-methyl/N-ethyl adjacent to an activating group) is 2. The standard InChI is InChI=1S/C17H28FN3/c1-13(2)19-11-15-16(18)8-5-9-17(15)21(4)14-7-6-10-20(3)12-14/h5,8-9,13-14,19H,6-7,10-12H2,1-4H3. The van der Waals surface area contributed by atoms with E-state index in [4.69, 9.17) is 0 Å². The highest BCUT2D eigenvalue weighted by molar-refractivity contribution is 5.54. The van der Waals surface area contributed by atoms with Crippen LogP contribution in [-0.2, 0) is 6.54 Å². The van der Waals surface area contributed by atoms with E-state index in [2.05, 4.69) is 43.1 Å². The lowest BCUT2D eigenvalue weighted by molar-refractivity contribution is 0.247. The molecule has 1 atom stereocenters. The van der Waals surface area contributed by atoms with Crippen LogP contribution in [0.2, 0.25) is 0 Å². The zero-order chi connectivity index (χ0) is 15.4. The highest BCUT2D eigenvalue weighted by atomic mass is 19.1. The van der Waals surface area contributed by atoms with Gasteiger partial charge >= 0.3 is 0 Å². The Labute approximate surface area is 128 Å². The van der Waals surface area contributed by atoms with Gasteiger partial charge in [-0.25, -0.2) is 4.39 Å². The fraction of sp³-hybridized carbons (Fsp3) is 0.647. The molecule has 1 N–H and O–H groups in total. The average Bonchev–Trinajstić information content (AvgIpc) is 2.45. The topological polar surface area (TPSA) is 18.5 Å². The number of hydrogen-bond acceptors (Lipinski definition) is 3. The van der Waals surface area contributed by atoms with Crippen molar-refractivity contribution >= 4 is 5.69 Å². The molecule has 118 valence electrons. The molecule has 1 aromatic rings. The average molecular weight is 293 g/mol. The normalized spacial score (nSPS) is 20.0. The fourth-order valence-corrected chi connectivity index (χ4v) is 3.01. The van der Waals surface area contributed by atoms with Crippen LogP contribution >= 0.6 is 0 Å². The Morgan fingerprint density at radius 2 is 2.19 bits per heavy atom. The number of hydrogen-bond donors (Lipinski definition) is 1. The minimum absolute atomic E-state index is 0.114. The summed E-state index contributed by atoms with van der Waals surface area (Å²) in [7, 11) is 4.25. The zero-order valence-electron chi connectivity index (χ0n) is 13.7.